The van der Waals surface area contributed by atoms with Crippen molar-refractivity contribution >= 4 is 5.97 Å². The predicted octanol–water partition coefficient (Wildman–Crippen LogP) is 1.80. The van der Waals surface area contributed by atoms with Gasteiger partial charge in [0.25, 0.3) is 0 Å². The molecule has 0 spiro atoms. The molecule has 0 saturated carbocycles. The van der Waals surface area contributed by atoms with Crippen LogP contribution in [0.25, 0.3) is 11.4 Å². The summed E-state index contributed by atoms with van der Waals surface area (Å²) in [5, 5.41) is 20.8. The van der Waals surface area contributed by atoms with E-state index in [2.05, 4.69) is 20.5 Å². The number of aliphatic carboxylic acids is 1. The van der Waals surface area contributed by atoms with E-state index >= 15 is 0 Å². The summed E-state index contributed by atoms with van der Waals surface area (Å²) >= 11 is 0. The fourth-order valence-corrected chi connectivity index (χ4v) is 2.01. The van der Waals surface area contributed by atoms with Gasteiger partial charge in [-0.25, -0.2) is 4.68 Å². The molecule has 7 heteroatoms. The molecule has 2 heterocycles. The molecule has 2 aromatic heterocycles. The average Bonchev–Trinajstić information content (AvgIpc) is 2.84. The highest BCUT2D eigenvalue weighted by molar-refractivity contribution is 5.67. The van der Waals surface area contributed by atoms with E-state index in [4.69, 9.17) is 5.11 Å². The number of carboxylic acid groups (broad SMARTS) is 1. The van der Waals surface area contributed by atoms with E-state index in [-0.39, 0.29) is 17.9 Å². The van der Waals surface area contributed by atoms with Crippen LogP contribution in [0, 0.1) is 5.41 Å². The number of pyridine rings is 1. The lowest BCUT2D eigenvalue weighted by molar-refractivity contribution is -0.138. The zero-order chi connectivity index (χ0) is 14.8. The van der Waals surface area contributed by atoms with Gasteiger partial charge in [0.15, 0.2) is 5.82 Å². The Bertz CT molecular complexity index is 588. The minimum absolute atomic E-state index is 0.0399. The van der Waals surface area contributed by atoms with Crippen LogP contribution in [0.2, 0.25) is 0 Å². The Kier molecular flexibility index (Phi) is 3.78. The minimum Gasteiger partial charge on any atom is -0.481 e. The molecule has 2 rings (SSSR count). The largest absolute Gasteiger partial charge is 0.481 e. The van der Waals surface area contributed by atoms with Crippen LogP contribution in [-0.2, 0) is 4.79 Å². The zero-order valence-corrected chi connectivity index (χ0v) is 11.7. The van der Waals surface area contributed by atoms with Gasteiger partial charge >= 0.3 is 5.97 Å². The molecule has 1 N–H and O–H groups in total. The number of nitrogens with zero attached hydrogens (tertiary/aromatic N) is 5. The monoisotopic (exact) mass is 275 g/mol. The second-order valence-electron chi connectivity index (χ2n) is 5.67. The zero-order valence-electron chi connectivity index (χ0n) is 11.7. The number of rotatable bonds is 4. The lowest BCUT2D eigenvalue weighted by Crippen LogP contribution is -2.28. The fraction of sp³-hybridized carbons (Fsp3) is 0.462. The molecule has 0 bridgehead atoms. The van der Waals surface area contributed by atoms with Gasteiger partial charge in [-0.05, 0) is 28.0 Å². The third-order valence-electron chi connectivity index (χ3n) is 3.08. The highest BCUT2D eigenvalue weighted by Gasteiger charge is 2.32. The van der Waals surface area contributed by atoms with Gasteiger partial charge in [0.2, 0.25) is 0 Å². The Labute approximate surface area is 116 Å². The first-order chi connectivity index (χ1) is 9.39. The number of hydrogen-bond donors (Lipinski definition) is 1. The molecule has 7 nitrogen and oxygen atoms in total. The molecule has 0 aromatic carbocycles. The molecule has 1 atom stereocenters. The maximum atomic E-state index is 11.1. The summed E-state index contributed by atoms with van der Waals surface area (Å²) in [7, 11) is 0. The normalized spacial score (nSPS) is 13.2. The highest BCUT2D eigenvalue weighted by atomic mass is 16.4. The molecule has 1 unspecified atom stereocenters. The first-order valence-electron chi connectivity index (χ1n) is 6.29. The van der Waals surface area contributed by atoms with E-state index in [0.29, 0.717) is 5.82 Å². The SMILES string of the molecule is CC(C)(C)C(CC(=O)O)n1nnnc1-c1cccnc1. The lowest BCUT2D eigenvalue weighted by Gasteiger charge is -2.29. The molecule has 0 aliphatic rings. The van der Waals surface area contributed by atoms with Crippen LogP contribution in [0.4, 0.5) is 0 Å². The molecule has 0 aliphatic carbocycles. The van der Waals surface area contributed by atoms with Crippen LogP contribution in [0.5, 0.6) is 0 Å². The van der Waals surface area contributed by atoms with Gasteiger partial charge in [-0.3, -0.25) is 9.78 Å². The van der Waals surface area contributed by atoms with Crippen molar-refractivity contribution in [2.75, 3.05) is 0 Å². The smallest absolute Gasteiger partial charge is 0.305 e. The van der Waals surface area contributed by atoms with Gasteiger partial charge in [0.05, 0.1) is 12.5 Å². The van der Waals surface area contributed by atoms with Crippen molar-refractivity contribution in [2.45, 2.75) is 33.2 Å². The van der Waals surface area contributed by atoms with Gasteiger partial charge in [-0.2, -0.15) is 0 Å². The second-order valence-corrected chi connectivity index (χ2v) is 5.67. The van der Waals surface area contributed by atoms with E-state index in [1.54, 1.807) is 23.1 Å². The molecule has 0 amide bonds. The standard InChI is InChI=1S/C13H17N5O2/c1-13(2,3)10(7-11(19)20)18-12(15-16-17-18)9-5-4-6-14-8-9/h4-6,8,10H,7H2,1-3H3,(H,19,20). The van der Waals surface area contributed by atoms with Gasteiger partial charge < -0.3 is 5.11 Å². The molecular formula is C13H17N5O2. The molecule has 2 aromatic rings. The summed E-state index contributed by atoms with van der Waals surface area (Å²) in [4.78, 5) is 15.1. The van der Waals surface area contributed by atoms with E-state index in [0.717, 1.165) is 5.56 Å². The van der Waals surface area contributed by atoms with Crippen molar-refractivity contribution in [3.63, 3.8) is 0 Å². The van der Waals surface area contributed by atoms with Crippen molar-refractivity contribution < 1.29 is 9.90 Å². The third kappa shape index (κ3) is 2.98. The summed E-state index contributed by atoms with van der Waals surface area (Å²) in [6.45, 7) is 5.90. The number of hydrogen-bond acceptors (Lipinski definition) is 5. The molecule has 0 radical (unpaired) electrons. The molecule has 106 valence electrons. The molecule has 20 heavy (non-hydrogen) atoms. The highest BCUT2D eigenvalue weighted by Crippen LogP contribution is 2.34. The summed E-state index contributed by atoms with van der Waals surface area (Å²) < 4.78 is 1.57. The number of tetrazole rings is 1. The van der Waals surface area contributed by atoms with Gasteiger partial charge in [-0.1, -0.05) is 20.8 Å². The molecule has 0 fully saturated rings. The Morgan fingerprint density at radius 1 is 1.45 bits per heavy atom. The van der Waals surface area contributed by atoms with Crippen LogP contribution < -0.4 is 0 Å². The average molecular weight is 275 g/mol. The molecule has 0 saturated heterocycles. The van der Waals surface area contributed by atoms with Gasteiger partial charge in [0.1, 0.15) is 0 Å². The van der Waals surface area contributed by atoms with Gasteiger partial charge in [-0.15, -0.1) is 5.10 Å². The van der Waals surface area contributed by atoms with Crippen LogP contribution >= 0.6 is 0 Å². The Morgan fingerprint density at radius 3 is 2.75 bits per heavy atom. The van der Waals surface area contributed by atoms with Crippen molar-refractivity contribution in [2.24, 2.45) is 5.41 Å². The number of carbonyl (C=O) groups is 1. The minimum atomic E-state index is -0.877. The number of carboxylic acids is 1. The first-order valence-corrected chi connectivity index (χ1v) is 6.29. The van der Waals surface area contributed by atoms with E-state index in [9.17, 15) is 4.79 Å². The van der Waals surface area contributed by atoms with Crippen LogP contribution in [0.1, 0.15) is 33.2 Å². The van der Waals surface area contributed by atoms with Crippen LogP contribution in [0.15, 0.2) is 24.5 Å². The number of aromatic nitrogens is 5. The van der Waals surface area contributed by atoms with E-state index in [1.165, 1.54) is 0 Å². The first kappa shape index (κ1) is 14.1. The fourth-order valence-electron chi connectivity index (χ4n) is 2.01. The molecule has 0 aliphatic heterocycles. The maximum absolute atomic E-state index is 11.1. The summed E-state index contributed by atoms with van der Waals surface area (Å²) in [6.07, 6.45) is 3.28. The quantitative estimate of drug-likeness (QED) is 0.914. The van der Waals surface area contributed by atoms with E-state index < -0.39 is 5.97 Å². The molecular weight excluding hydrogens is 258 g/mol. The maximum Gasteiger partial charge on any atom is 0.305 e. The van der Waals surface area contributed by atoms with Crippen molar-refractivity contribution in [3.8, 4) is 11.4 Å². The second kappa shape index (κ2) is 5.36. The Morgan fingerprint density at radius 2 is 2.20 bits per heavy atom. The summed E-state index contributed by atoms with van der Waals surface area (Å²) in [6, 6.07) is 3.29. The van der Waals surface area contributed by atoms with E-state index in [1.807, 2.05) is 26.8 Å². The lowest BCUT2D eigenvalue weighted by atomic mass is 9.84. The summed E-state index contributed by atoms with van der Waals surface area (Å²) in [5.74, 6) is -0.350. The van der Waals surface area contributed by atoms with Crippen molar-refractivity contribution in [1.82, 2.24) is 25.2 Å². The van der Waals surface area contributed by atoms with Crippen LogP contribution in [-0.4, -0.2) is 36.3 Å². The summed E-state index contributed by atoms with van der Waals surface area (Å²) in [5.41, 5.74) is 0.474. The predicted molar refractivity (Wildman–Crippen MR) is 71.8 cm³/mol. The Hall–Kier alpha value is -2.31. The van der Waals surface area contributed by atoms with Crippen LogP contribution in [0.3, 0.4) is 0 Å². The topological polar surface area (TPSA) is 93.8 Å². The Balaban J connectivity index is 2.46. The van der Waals surface area contributed by atoms with Crippen molar-refractivity contribution in [3.05, 3.63) is 24.5 Å². The third-order valence-corrected chi connectivity index (χ3v) is 3.08. The van der Waals surface area contributed by atoms with Crippen molar-refractivity contribution in [1.29, 1.82) is 0 Å². The van der Waals surface area contributed by atoms with Gasteiger partial charge in [0, 0.05) is 18.0 Å².